The standard InChI is InChI=1S/C21H23N5O3S2/c1-13-17(30-16(22-13)12-15-6-4-3-5-7-15)19(27)24-25-20(28)18-14(2)23-21(31-18)26-8-10-29-11-9-26/h3-7H,8-12H2,1-2H3,(H,24,27)(H,25,28). The van der Waals surface area contributed by atoms with E-state index in [0.717, 1.165) is 28.8 Å². The number of carbonyl (C=O) groups excluding carboxylic acids is 2. The van der Waals surface area contributed by atoms with E-state index in [2.05, 4.69) is 25.7 Å². The average molecular weight is 458 g/mol. The smallest absolute Gasteiger partial charge is 0.281 e. The Morgan fingerprint density at radius 2 is 1.58 bits per heavy atom. The van der Waals surface area contributed by atoms with Crippen molar-refractivity contribution in [3.8, 4) is 0 Å². The number of hydrogen-bond donors (Lipinski definition) is 2. The van der Waals surface area contributed by atoms with E-state index in [9.17, 15) is 9.59 Å². The number of hydrogen-bond acceptors (Lipinski definition) is 8. The highest BCUT2D eigenvalue weighted by Crippen LogP contribution is 2.26. The normalized spacial score (nSPS) is 13.8. The molecule has 0 unspecified atom stereocenters. The third kappa shape index (κ3) is 5.09. The van der Waals surface area contributed by atoms with Crippen LogP contribution in [0.25, 0.3) is 0 Å². The van der Waals surface area contributed by atoms with E-state index in [1.165, 1.54) is 22.7 Å². The Bertz CT molecular complexity index is 1070. The van der Waals surface area contributed by atoms with Crippen LogP contribution in [-0.4, -0.2) is 48.1 Å². The topological polar surface area (TPSA) is 96.5 Å². The summed E-state index contributed by atoms with van der Waals surface area (Å²) < 4.78 is 5.36. The molecule has 8 nitrogen and oxygen atoms in total. The van der Waals surface area contributed by atoms with E-state index in [1.54, 1.807) is 13.8 Å². The molecule has 0 saturated carbocycles. The van der Waals surface area contributed by atoms with Gasteiger partial charge < -0.3 is 9.64 Å². The van der Waals surface area contributed by atoms with Gasteiger partial charge in [0.15, 0.2) is 5.13 Å². The van der Waals surface area contributed by atoms with E-state index < -0.39 is 0 Å². The molecule has 0 aliphatic carbocycles. The minimum Gasteiger partial charge on any atom is -0.378 e. The zero-order valence-corrected chi connectivity index (χ0v) is 18.9. The van der Waals surface area contributed by atoms with Crippen molar-refractivity contribution < 1.29 is 14.3 Å². The van der Waals surface area contributed by atoms with Crippen molar-refractivity contribution in [3.63, 3.8) is 0 Å². The zero-order valence-electron chi connectivity index (χ0n) is 17.3. The van der Waals surface area contributed by atoms with E-state index in [0.29, 0.717) is 40.8 Å². The predicted molar refractivity (Wildman–Crippen MR) is 121 cm³/mol. The SMILES string of the molecule is Cc1nc(Cc2ccccc2)sc1C(=O)NNC(=O)c1sc(N2CCOCC2)nc1C. The van der Waals surface area contributed by atoms with Crippen LogP contribution in [-0.2, 0) is 11.2 Å². The Hall–Kier alpha value is -2.82. The molecule has 1 aromatic carbocycles. The maximum atomic E-state index is 12.6. The third-order valence-electron chi connectivity index (χ3n) is 4.81. The number of aryl methyl sites for hydroxylation is 2. The summed E-state index contributed by atoms with van der Waals surface area (Å²) in [6, 6.07) is 9.97. The van der Waals surface area contributed by atoms with Gasteiger partial charge in [-0.1, -0.05) is 41.7 Å². The van der Waals surface area contributed by atoms with Gasteiger partial charge in [0, 0.05) is 19.5 Å². The Balaban J connectivity index is 1.37. The molecular weight excluding hydrogens is 434 g/mol. The number of carbonyl (C=O) groups is 2. The van der Waals surface area contributed by atoms with E-state index >= 15 is 0 Å². The fourth-order valence-electron chi connectivity index (χ4n) is 3.22. The van der Waals surface area contributed by atoms with Gasteiger partial charge in [-0.05, 0) is 19.4 Å². The molecule has 0 spiro atoms. The number of hydrazine groups is 1. The number of rotatable bonds is 5. The first-order valence-electron chi connectivity index (χ1n) is 9.92. The molecule has 1 aliphatic heterocycles. The molecule has 1 aliphatic rings. The second-order valence-corrected chi connectivity index (χ2v) is 9.16. The van der Waals surface area contributed by atoms with Gasteiger partial charge in [0.2, 0.25) is 0 Å². The van der Waals surface area contributed by atoms with Gasteiger partial charge in [0.25, 0.3) is 11.8 Å². The molecule has 10 heteroatoms. The van der Waals surface area contributed by atoms with Crippen molar-refractivity contribution in [3.05, 3.63) is 62.0 Å². The van der Waals surface area contributed by atoms with Crippen molar-refractivity contribution in [1.82, 2.24) is 20.8 Å². The van der Waals surface area contributed by atoms with Gasteiger partial charge in [-0.25, -0.2) is 9.97 Å². The fraction of sp³-hybridized carbons (Fsp3) is 0.333. The van der Waals surface area contributed by atoms with Gasteiger partial charge in [-0.15, -0.1) is 11.3 Å². The van der Waals surface area contributed by atoms with Crippen molar-refractivity contribution in [2.24, 2.45) is 0 Å². The van der Waals surface area contributed by atoms with Crippen LogP contribution < -0.4 is 15.8 Å². The fourth-order valence-corrected chi connectivity index (χ4v) is 5.23. The first-order chi connectivity index (χ1) is 15.0. The molecule has 2 N–H and O–H groups in total. The maximum absolute atomic E-state index is 12.6. The van der Waals surface area contributed by atoms with E-state index in [4.69, 9.17) is 4.74 Å². The zero-order chi connectivity index (χ0) is 21.8. The highest BCUT2D eigenvalue weighted by atomic mass is 32.1. The number of ether oxygens (including phenoxy) is 1. The molecule has 1 saturated heterocycles. The van der Waals surface area contributed by atoms with Crippen molar-refractivity contribution >= 4 is 39.6 Å². The number of benzene rings is 1. The van der Waals surface area contributed by atoms with Crippen LogP contribution in [0.4, 0.5) is 5.13 Å². The second kappa shape index (κ2) is 9.54. The number of amides is 2. The molecule has 0 bridgehead atoms. The van der Waals surface area contributed by atoms with Crippen LogP contribution in [0.2, 0.25) is 0 Å². The number of morpholine rings is 1. The first-order valence-corrected chi connectivity index (χ1v) is 11.6. The summed E-state index contributed by atoms with van der Waals surface area (Å²) in [6.45, 7) is 6.39. The lowest BCUT2D eigenvalue weighted by molar-refractivity contribution is 0.0850. The lowest BCUT2D eigenvalue weighted by Gasteiger charge is -2.25. The maximum Gasteiger partial charge on any atom is 0.281 e. The van der Waals surface area contributed by atoms with Gasteiger partial charge in [-0.2, -0.15) is 0 Å². The van der Waals surface area contributed by atoms with Crippen LogP contribution in [0.15, 0.2) is 30.3 Å². The number of thiazole rings is 2. The van der Waals surface area contributed by atoms with Crippen molar-refractivity contribution in [1.29, 1.82) is 0 Å². The number of nitrogens with one attached hydrogen (secondary N) is 2. The molecule has 2 aromatic heterocycles. The molecule has 1 fully saturated rings. The molecule has 2 amide bonds. The summed E-state index contributed by atoms with van der Waals surface area (Å²) in [7, 11) is 0. The quantitative estimate of drug-likeness (QED) is 0.572. The van der Waals surface area contributed by atoms with Crippen LogP contribution in [0.1, 0.15) is 41.3 Å². The highest BCUT2D eigenvalue weighted by molar-refractivity contribution is 7.17. The number of aromatic nitrogens is 2. The monoisotopic (exact) mass is 457 g/mol. The molecule has 3 heterocycles. The Morgan fingerprint density at radius 1 is 0.968 bits per heavy atom. The van der Waals surface area contributed by atoms with Gasteiger partial charge in [-0.3, -0.25) is 20.4 Å². The summed E-state index contributed by atoms with van der Waals surface area (Å²) in [5, 5.41) is 1.65. The van der Waals surface area contributed by atoms with Crippen LogP contribution in [0.5, 0.6) is 0 Å². The van der Waals surface area contributed by atoms with Crippen molar-refractivity contribution in [2.45, 2.75) is 20.3 Å². The first kappa shape index (κ1) is 21.4. The molecule has 31 heavy (non-hydrogen) atoms. The average Bonchev–Trinajstić information content (AvgIpc) is 3.35. The highest BCUT2D eigenvalue weighted by Gasteiger charge is 2.22. The summed E-state index contributed by atoms with van der Waals surface area (Å²) in [5.41, 5.74) is 7.43. The molecule has 162 valence electrons. The summed E-state index contributed by atoms with van der Waals surface area (Å²) in [6.07, 6.45) is 0.663. The van der Waals surface area contributed by atoms with E-state index in [1.807, 2.05) is 30.3 Å². The number of nitrogens with zero attached hydrogens (tertiary/aromatic N) is 3. The molecule has 0 atom stereocenters. The molecule has 0 radical (unpaired) electrons. The molecule has 4 rings (SSSR count). The van der Waals surface area contributed by atoms with E-state index in [-0.39, 0.29) is 11.8 Å². The lowest BCUT2D eigenvalue weighted by atomic mass is 10.2. The summed E-state index contributed by atoms with van der Waals surface area (Å²) >= 11 is 2.65. The van der Waals surface area contributed by atoms with Crippen LogP contribution in [0.3, 0.4) is 0 Å². The van der Waals surface area contributed by atoms with Gasteiger partial charge >= 0.3 is 0 Å². The minimum atomic E-state index is -0.380. The summed E-state index contributed by atoms with van der Waals surface area (Å²) in [4.78, 5) is 37.3. The van der Waals surface area contributed by atoms with Crippen LogP contribution in [0, 0.1) is 13.8 Å². The number of anilines is 1. The summed E-state index contributed by atoms with van der Waals surface area (Å²) in [5.74, 6) is -0.757. The predicted octanol–water partition coefficient (Wildman–Crippen LogP) is 2.72. The Morgan fingerprint density at radius 3 is 2.26 bits per heavy atom. The van der Waals surface area contributed by atoms with Gasteiger partial charge in [0.05, 0.1) is 29.6 Å². The molecule has 3 aromatic rings. The Labute approximate surface area is 188 Å². The van der Waals surface area contributed by atoms with Crippen LogP contribution >= 0.6 is 22.7 Å². The second-order valence-electron chi connectivity index (χ2n) is 7.10. The molecular formula is C21H23N5O3S2. The lowest BCUT2D eigenvalue weighted by Crippen LogP contribution is -2.41. The van der Waals surface area contributed by atoms with Gasteiger partial charge in [0.1, 0.15) is 9.75 Å². The largest absolute Gasteiger partial charge is 0.378 e. The van der Waals surface area contributed by atoms with Crippen molar-refractivity contribution in [2.75, 3.05) is 31.2 Å². The Kier molecular flexibility index (Phi) is 6.59. The minimum absolute atomic E-state index is 0.377. The third-order valence-corrected chi connectivity index (χ3v) is 7.18.